The minimum atomic E-state index is -3.54. The van der Waals surface area contributed by atoms with Gasteiger partial charge in [-0.25, -0.2) is 16.8 Å². The SMILES string of the molecule is CN(c1cccc(NC(=O)c2ccccc2NS(C)(=O)=O)c1)S(C)(=O)=O. The van der Waals surface area contributed by atoms with Crippen molar-refractivity contribution in [1.82, 2.24) is 0 Å². The molecule has 140 valence electrons. The summed E-state index contributed by atoms with van der Waals surface area (Å²) in [6.07, 6.45) is 2.07. The Morgan fingerprint density at radius 3 is 2.23 bits per heavy atom. The second-order valence-electron chi connectivity index (χ2n) is 5.65. The van der Waals surface area contributed by atoms with Gasteiger partial charge in [-0.15, -0.1) is 0 Å². The number of hydrogen-bond acceptors (Lipinski definition) is 5. The Labute approximate surface area is 152 Å². The van der Waals surface area contributed by atoms with Crippen LogP contribution in [0, 0.1) is 0 Å². The summed E-state index contributed by atoms with van der Waals surface area (Å²) in [7, 11) is -5.58. The van der Waals surface area contributed by atoms with Gasteiger partial charge in [0.05, 0.1) is 29.4 Å². The van der Waals surface area contributed by atoms with Gasteiger partial charge in [0.1, 0.15) is 0 Å². The minimum absolute atomic E-state index is 0.139. The molecular formula is C16H19N3O5S2. The molecule has 0 unspecified atom stereocenters. The van der Waals surface area contributed by atoms with E-state index >= 15 is 0 Å². The first-order valence-electron chi connectivity index (χ1n) is 7.39. The first-order valence-corrected chi connectivity index (χ1v) is 11.1. The summed E-state index contributed by atoms with van der Waals surface area (Å²) < 4.78 is 49.5. The van der Waals surface area contributed by atoms with Crippen LogP contribution in [0.5, 0.6) is 0 Å². The molecule has 0 spiro atoms. The Bertz CT molecular complexity index is 1030. The molecule has 0 aliphatic carbocycles. The van der Waals surface area contributed by atoms with Crippen LogP contribution in [0.3, 0.4) is 0 Å². The highest BCUT2D eigenvalue weighted by molar-refractivity contribution is 7.92. The van der Waals surface area contributed by atoms with Crippen molar-refractivity contribution in [1.29, 1.82) is 0 Å². The average molecular weight is 397 g/mol. The van der Waals surface area contributed by atoms with E-state index in [9.17, 15) is 21.6 Å². The molecule has 8 nitrogen and oxygen atoms in total. The van der Waals surface area contributed by atoms with Gasteiger partial charge >= 0.3 is 0 Å². The molecule has 0 aliphatic heterocycles. The van der Waals surface area contributed by atoms with Gasteiger partial charge in [0, 0.05) is 12.7 Å². The Balaban J connectivity index is 2.29. The number of sulfonamides is 2. The maximum Gasteiger partial charge on any atom is 0.257 e. The lowest BCUT2D eigenvalue weighted by Crippen LogP contribution is -2.25. The van der Waals surface area contributed by atoms with Gasteiger partial charge in [-0.1, -0.05) is 18.2 Å². The van der Waals surface area contributed by atoms with Gasteiger partial charge in [-0.2, -0.15) is 0 Å². The third-order valence-electron chi connectivity index (χ3n) is 3.43. The zero-order valence-electron chi connectivity index (χ0n) is 14.4. The van der Waals surface area contributed by atoms with Gasteiger partial charge in [-0.05, 0) is 30.3 Å². The van der Waals surface area contributed by atoms with Gasteiger partial charge in [-0.3, -0.25) is 13.8 Å². The van der Waals surface area contributed by atoms with E-state index < -0.39 is 26.0 Å². The Hall–Kier alpha value is -2.59. The number of benzene rings is 2. The number of anilines is 3. The van der Waals surface area contributed by atoms with Crippen molar-refractivity contribution < 1.29 is 21.6 Å². The molecule has 0 aromatic heterocycles. The highest BCUT2D eigenvalue weighted by Gasteiger charge is 2.16. The first kappa shape index (κ1) is 19.7. The number of nitrogens with one attached hydrogen (secondary N) is 2. The summed E-state index contributed by atoms with van der Waals surface area (Å²) >= 11 is 0. The molecule has 0 bridgehead atoms. The lowest BCUT2D eigenvalue weighted by Gasteiger charge is -2.17. The molecule has 0 radical (unpaired) electrons. The molecule has 10 heteroatoms. The van der Waals surface area contributed by atoms with Crippen LogP contribution in [-0.4, -0.2) is 42.3 Å². The van der Waals surface area contributed by atoms with Crippen LogP contribution >= 0.6 is 0 Å². The summed E-state index contributed by atoms with van der Waals surface area (Å²) in [5.41, 5.74) is 1.04. The second kappa shape index (κ2) is 7.34. The smallest absolute Gasteiger partial charge is 0.257 e. The Morgan fingerprint density at radius 1 is 0.962 bits per heavy atom. The second-order valence-corrected chi connectivity index (χ2v) is 9.42. The number of nitrogens with zero attached hydrogens (tertiary/aromatic N) is 1. The molecule has 0 saturated heterocycles. The molecule has 2 rings (SSSR count). The zero-order valence-corrected chi connectivity index (χ0v) is 16.1. The molecule has 2 N–H and O–H groups in total. The van der Waals surface area contributed by atoms with E-state index in [0.717, 1.165) is 16.8 Å². The third-order valence-corrected chi connectivity index (χ3v) is 5.23. The number of amides is 1. The fourth-order valence-electron chi connectivity index (χ4n) is 2.14. The van der Waals surface area contributed by atoms with E-state index in [1.807, 2.05) is 0 Å². The van der Waals surface area contributed by atoms with Crippen LogP contribution in [-0.2, 0) is 20.0 Å². The summed E-state index contributed by atoms with van der Waals surface area (Å²) in [4.78, 5) is 12.5. The van der Waals surface area contributed by atoms with Crippen LogP contribution in [0.2, 0.25) is 0 Å². The van der Waals surface area contributed by atoms with Gasteiger partial charge in [0.15, 0.2) is 0 Å². The molecule has 0 saturated carbocycles. The molecule has 0 aliphatic rings. The van der Waals surface area contributed by atoms with E-state index in [4.69, 9.17) is 0 Å². The van der Waals surface area contributed by atoms with E-state index in [-0.39, 0.29) is 11.3 Å². The van der Waals surface area contributed by atoms with Crippen molar-refractivity contribution in [2.24, 2.45) is 0 Å². The molecule has 0 fully saturated rings. The van der Waals surface area contributed by atoms with Crippen molar-refractivity contribution in [3.8, 4) is 0 Å². The van der Waals surface area contributed by atoms with Gasteiger partial charge in [0.2, 0.25) is 20.0 Å². The summed E-state index contributed by atoms with van der Waals surface area (Å²) in [5.74, 6) is -0.532. The summed E-state index contributed by atoms with van der Waals surface area (Å²) in [6, 6.07) is 12.5. The van der Waals surface area contributed by atoms with E-state index in [2.05, 4.69) is 10.0 Å². The fourth-order valence-corrected chi connectivity index (χ4v) is 3.21. The van der Waals surface area contributed by atoms with Crippen LogP contribution in [0.4, 0.5) is 17.1 Å². The zero-order chi connectivity index (χ0) is 19.5. The predicted molar refractivity (Wildman–Crippen MR) is 103 cm³/mol. The van der Waals surface area contributed by atoms with Crippen molar-refractivity contribution in [3.05, 3.63) is 54.1 Å². The number of hydrogen-bond donors (Lipinski definition) is 2. The molecule has 1 amide bonds. The lowest BCUT2D eigenvalue weighted by atomic mass is 10.1. The van der Waals surface area contributed by atoms with E-state index in [0.29, 0.717) is 11.4 Å². The van der Waals surface area contributed by atoms with Crippen LogP contribution in [0.25, 0.3) is 0 Å². The minimum Gasteiger partial charge on any atom is -0.322 e. The number of carbonyl (C=O) groups is 1. The maximum absolute atomic E-state index is 12.5. The van der Waals surface area contributed by atoms with Gasteiger partial charge in [0.25, 0.3) is 5.91 Å². The first-order chi connectivity index (χ1) is 12.0. The number of rotatable bonds is 6. The van der Waals surface area contributed by atoms with Crippen LogP contribution in [0.1, 0.15) is 10.4 Å². The molecule has 0 atom stereocenters. The third kappa shape index (κ3) is 5.20. The Morgan fingerprint density at radius 2 is 1.62 bits per heavy atom. The fraction of sp³-hybridized carbons (Fsp3) is 0.188. The van der Waals surface area contributed by atoms with Crippen molar-refractivity contribution in [2.75, 3.05) is 33.9 Å². The molecule has 26 heavy (non-hydrogen) atoms. The summed E-state index contributed by atoms with van der Waals surface area (Å²) in [5, 5.41) is 2.64. The van der Waals surface area contributed by atoms with Gasteiger partial charge < -0.3 is 5.32 Å². The predicted octanol–water partition coefficient (Wildman–Crippen LogP) is 1.71. The number of carbonyl (C=O) groups excluding carboxylic acids is 1. The van der Waals surface area contributed by atoms with Crippen molar-refractivity contribution in [2.45, 2.75) is 0 Å². The number of para-hydroxylation sites is 1. The van der Waals surface area contributed by atoms with Crippen LogP contribution in [0.15, 0.2) is 48.5 Å². The average Bonchev–Trinajstić information content (AvgIpc) is 2.52. The topological polar surface area (TPSA) is 113 Å². The Kier molecular flexibility index (Phi) is 5.57. The van der Waals surface area contributed by atoms with E-state index in [1.165, 1.54) is 25.2 Å². The van der Waals surface area contributed by atoms with Crippen molar-refractivity contribution in [3.63, 3.8) is 0 Å². The quantitative estimate of drug-likeness (QED) is 0.770. The largest absolute Gasteiger partial charge is 0.322 e. The molecule has 2 aromatic carbocycles. The maximum atomic E-state index is 12.5. The molecular weight excluding hydrogens is 378 g/mol. The highest BCUT2D eigenvalue weighted by Crippen LogP contribution is 2.22. The normalized spacial score (nSPS) is 11.7. The van der Waals surface area contributed by atoms with E-state index in [1.54, 1.807) is 30.3 Å². The standard InChI is InChI=1S/C16H19N3O5S2/c1-19(26(3,23)24)13-8-6-7-12(11-13)17-16(20)14-9-4-5-10-15(14)18-25(2,21)22/h4-11,18H,1-3H3,(H,17,20). The lowest BCUT2D eigenvalue weighted by molar-refractivity contribution is 0.102. The highest BCUT2D eigenvalue weighted by atomic mass is 32.2. The van der Waals surface area contributed by atoms with Crippen LogP contribution < -0.4 is 14.3 Å². The molecule has 2 aromatic rings. The molecule has 0 heterocycles. The summed E-state index contributed by atoms with van der Waals surface area (Å²) in [6.45, 7) is 0. The van der Waals surface area contributed by atoms with Crippen molar-refractivity contribution >= 4 is 43.0 Å². The monoisotopic (exact) mass is 397 g/mol.